The van der Waals surface area contributed by atoms with Crippen molar-refractivity contribution in [3.63, 3.8) is 0 Å². The second-order valence-corrected chi connectivity index (χ2v) is 8.53. The molecule has 0 spiro atoms. The van der Waals surface area contributed by atoms with Crippen molar-refractivity contribution < 1.29 is 18.6 Å². The van der Waals surface area contributed by atoms with Crippen molar-refractivity contribution in [2.24, 2.45) is 0 Å². The zero-order chi connectivity index (χ0) is 23.2. The molecule has 1 aliphatic heterocycles. The standard InChI is InChI=1S/C25H34N8.V/c1-4-17(3)29-23-22(15-26)31-25(33-12-10-27-11-13-33)32-24(23)30-20(5-2)19-14-18-8-6-7-9-21(18)28-16-19;/h6-9,14-17,20,26-27,29H,4-5,10-13H2,1-3H3,(H,30,31,32);/t17?,20-;/m1./s1. The molecule has 34 heavy (non-hydrogen) atoms. The van der Waals surface area contributed by atoms with Gasteiger partial charge in [-0.1, -0.05) is 32.0 Å². The van der Waals surface area contributed by atoms with Crippen molar-refractivity contribution in [3.8, 4) is 0 Å². The number of hydrogen-bond acceptors (Lipinski definition) is 8. The van der Waals surface area contributed by atoms with E-state index in [1.165, 1.54) is 6.21 Å². The summed E-state index contributed by atoms with van der Waals surface area (Å²) in [6.45, 7) is 9.93. The van der Waals surface area contributed by atoms with Gasteiger partial charge in [0.05, 0.1) is 11.6 Å². The molecule has 4 N–H and O–H groups in total. The first-order chi connectivity index (χ1) is 16.1. The Bertz CT molecular complexity index is 1100. The monoisotopic (exact) mass is 497 g/mol. The first kappa shape index (κ1) is 25.9. The van der Waals surface area contributed by atoms with Crippen LogP contribution in [0.3, 0.4) is 0 Å². The minimum Gasteiger partial charge on any atom is -0.378 e. The quantitative estimate of drug-likeness (QED) is 0.329. The molecule has 1 fully saturated rings. The molecule has 2 atom stereocenters. The number of hydrogen-bond donors (Lipinski definition) is 4. The predicted octanol–water partition coefficient (Wildman–Crippen LogP) is 4.20. The SMILES string of the molecule is CCC(C)Nc1c(C=N)nc(N2CCNCC2)nc1N[C@H](CC)c1cnc2ccccc2c1.[V]. The van der Waals surface area contributed by atoms with Crippen molar-refractivity contribution in [2.75, 3.05) is 41.7 Å². The first-order valence-electron chi connectivity index (χ1n) is 11.9. The summed E-state index contributed by atoms with van der Waals surface area (Å²) in [7, 11) is 0. The molecule has 1 saturated heterocycles. The Morgan fingerprint density at radius 1 is 1.12 bits per heavy atom. The van der Waals surface area contributed by atoms with Crippen LogP contribution in [-0.4, -0.2) is 53.4 Å². The van der Waals surface area contributed by atoms with Crippen molar-refractivity contribution in [1.82, 2.24) is 20.3 Å². The zero-order valence-corrected chi connectivity index (χ0v) is 21.6. The van der Waals surface area contributed by atoms with Gasteiger partial charge < -0.3 is 26.3 Å². The summed E-state index contributed by atoms with van der Waals surface area (Å²) in [6, 6.07) is 10.6. The smallest absolute Gasteiger partial charge is 0.228 e. The normalized spacial score (nSPS) is 15.3. The van der Waals surface area contributed by atoms with Crippen LogP contribution in [0.1, 0.15) is 50.9 Å². The summed E-state index contributed by atoms with van der Waals surface area (Å²) >= 11 is 0. The van der Waals surface area contributed by atoms with Crippen molar-refractivity contribution >= 4 is 34.6 Å². The number of aromatic nitrogens is 3. The molecule has 0 aliphatic carbocycles. The molecule has 1 aliphatic rings. The molecule has 0 saturated carbocycles. The Morgan fingerprint density at radius 3 is 2.59 bits per heavy atom. The number of anilines is 3. The number of nitrogens with zero attached hydrogens (tertiary/aromatic N) is 4. The predicted molar refractivity (Wildman–Crippen MR) is 137 cm³/mol. The fourth-order valence-electron chi connectivity index (χ4n) is 4.04. The van der Waals surface area contributed by atoms with E-state index in [2.05, 4.69) is 58.7 Å². The summed E-state index contributed by atoms with van der Waals surface area (Å²) in [5, 5.41) is 19.7. The van der Waals surface area contributed by atoms with Gasteiger partial charge in [0.25, 0.3) is 0 Å². The maximum absolute atomic E-state index is 8.05. The van der Waals surface area contributed by atoms with E-state index in [-0.39, 0.29) is 30.6 Å². The average Bonchev–Trinajstić information content (AvgIpc) is 2.87. The molecule has 0 amide bonds. The third-order valence-electron chi connectivity index (χ3n) is 6.20. The van der Waals surface area contributed by atoms with Crippen LogP contribution >= 0.6 is 0 Å². The van der Waals surface area contributed by atoms with E-state index in [0.717, 1.165) is 67.0 Å². The molecule has 3 aromatic rings. The van der Waals surface area contributed by atoms with Gasteiger partial charge in [-0.25, -0.2) is 4.98 Å². The molecule has 8 nitrogen and oxygen atoms in total. The van der Waals surface area contributed by atoms with Gasteiger partial charge in [0.15, 0.2) is 5.82 Å². The largest absolute Gasteiger partial charge is 0.378 e. The summed E-state index contributed by atoms with van der Waals surface area (Å²) in [5.41, 5.74) is 3.49. The Morgan fingerprint density at radius 2 is 1.88 bits per heavy atom. The number of pyridine rings is 1. The second-order valence-electron chi connectivity index (χ2n) is 8.53. The maximum atomic E-state index is 8.05. The van der Waals surface area contributed by atoms with E-state index in [1.807, 2.05) is 24.4 Å². The van der Waals surface area contributed by atoms with E-state index in [9.17, 15) is 0 Å². The van der Waals surface area contributed by atoms with Crippen LogP contribution in [-0.2, 0) is 18.6 Å². The van der Waals surface area contributed by atoms with Gasteiger partial charge in [-0.2, -0.15) is 4.98 Å². The Kier molecular flexibility index (Phi) is 9.27. The number of fused-ring (bicyclic) bond motifs is 1. The zero-order valence-electron chi connectivity index (χ0n) is 20.2. The summed E-state index contributed by atoms with van der Waals surface area (Å²) in [6.07, 6.45) is 5.10. The first-order valence-corrected chi connectivity index (χ1v) is 11.9. The minimum atomic E-state index is 0. The average molecular weight is 498 g/mol. The molecule has 0 bridgehead atoms. The van der Waals surface area contributed by atoms with Crippen LogP contribution in [0.2, 0.25) is 0 Å². The van der Waals surface area contributed by atoms with Crippen LogP contribution in [0.4, 0.5) is 17.5 Å². The van der Waals surface area contributed by atoms with Gasteiger partial charge in [-0.05, 0) is 37.5 Å². The van der Waals surface area contributed by atoms with E-state index in [4.69, 9.17) is 15.4 Å². The van der Waals surface area contributed by atoms with Gasteiger partial charge in [0, 0.05) is 68.6 Å². The molecule has 4 rings (SSSR count). The Hall–Kier alpha value is -2.68. The van der Waals surface area contributed by atoms with Gasteiger partial charge in [0.1, 0.15) is 11.4 Å². The number of rotatable bonds is 9. The molecule has 1 aromatic carbocycles. The number of piperazine rings is 1. The summed E-state index contributed by atoms with van der Waals surface area (Å²) in [5.74, 6) is 1.40. The van der Waals surface area contributed by atoms with Crippen molar-refractivity contribution in [1.29, 1.82) is 5.41 Å². The van der Waals surface area contributed by atoms with Crippen LogP contribution in [0.5, 0.6) is 0 Å². The fraction of sp³-hybridized carbons (Fsp3) is 0.440. The maximum Gasteiger partial charge on any atom is 0.228 e. The molecule has 9 heteroatoms. The Balaban J connectivity index is 0.00000324. The third-order valence-corrected chi connectivity index (χ3v) is 6.20. The van der Waals surface area contributed by atoms with Crippen LogP contribution < -0.4 is 20.9 Å². The topological polar surface area (TPSA) is 102 Å². The van der Waals surface area contributed by atoms with Crippen molar-refractivity contribution in [2.45, 2.75) is 45.7 Å². The van der Waals surface area contributed by atoms with Crippen molar-refractivity contribution in [3.05, 3.63) is 47.8 Å². The molecule has 179 valence electrons. The van der Waals surface area contributed by atoms with Crippen LogP contribution in [0.25, 0.3) is 10.9 Å². The number of nitrogens with one attached hydrogen (secondary N) is 4. The second kappa shape index (κ2) is 12.2. The number of benzene rings is 1. The van der Waals surface area contributed by atoms with Crippen LogP contribution in [0.15, 0.2) is 36.5 Å². The van der Waals surface area contributed by atoms with Gasteiger partial charge in [0.2, 0.25) is 5.95 Å². The molecule has 3 heterocycles. The fourth-order valence-corrected chi connectivity index (χ4v) is 4.04. The molecular formula is C25H34N8V. The van der Waals surface area contributed by atoms with Crippen LogP contribution in [0, 0.1) is 5.41 Å². The minimum absolute atomic E-state index is 0. The van der Waals surface area contributed by atoms with E-state index in [0.29, 0.717) is 11.6 Å². The molecular weight excluding hydrogens is 463 g/mol. The number of para-hydroxylation sites is 1. The van der Waals surface area contributed by atoms with E-state index in [1.54, 1.807) is 0 Å². The van der Waals surface area contributed by atoms with E-state index < -0.39 is 0 Å². The Labute approximate surface area is 213 Å². The van der Waals surface area contributed by atoms with Gasteiger partial charge in [-0.15, -0.1) is 0 Å². The molecule has 2 aromatic heterocycles. The molecule has 1 unspecified atom stereocenters. The van der Waals surface area contributed by atoms with E-state index >= 15 is 0 Å². The van der Waals surface area contributed by atoms with Gasteiger partial charge >= 0.3 is 0 Å². The summed E-state index contributed by atoms with van der Waals surface area (Å²) < 4.78 is 0. The summed E-state index contributed by atoms with van der Waals surface area (Å²) in [4.78, 5) is 16.5. The van der Waals surface area contributed by atoms with Gasteiger partial charge in [-0.3, -0.25) is 4.98 Å². The third kappa shape index (κ3) is 5.87. The molecule has 1 radical (unpaired) electrons.